The van der Waals surface area contributed by atoms with Crippen molar-refractivity contribution in [2.75, 3.05) is 14.1 Å². The lowest BCUT2D eigenvalue weighted by Crippen LogP contribution is -2.63. The van der Waals surface area contributed by atoms with Gasteiger partial charge in [-0.2, -0.15) is 0 Å². The minimum Gasteiger partial charge on any atom is -0.361 e. The summed E-state index contributed by atoms with van der Waals surface area (Å²) in [5.41, 5.74) is 4.17. The van der Waals surface area contributed by atoms with Crippen molar-refractivity contribution in [1.29, 1.82) is 0 Å². The molecule has 3 heterocycles. The van der Waals surface area contributed by atoms with Gasteiger partial charge < -0.3 is 19.8 Å². The topological polar surface area (TPSA) is 72.2 Å². The van der Waals surface area contributed by atoms with Crippen LogP contribution in [-0.4, -0.2) is 57.8 Å². The first-order chi connectivity index (χ1) is 14.5. The average molecular weight is 400 g/mol. The molecule has 2 aromatic heterocycles. The van der Waals surface area contributed by atoms with Crippen LogP contribution in [0, 0.1) is 0 Å². The van der Waals surface area contributed by atoms with Crippen molar-refractivity contribution in [3.05, 3.63) is 72.1 Å². The van der Waals surface area contributed by atoms with Crippen molar-refractivity contribution in [3.63, 3.8) is 0 Å². The Hall–Kier alpha value is -3.54. The van der Waals surface area contributed by atoms with Crippen LogP contribution in [0.4, 0.5) is 0 Å². The van der Waals surface area contributed by atoms with E-state index in [1.807, 2.05) is 60.9 Å². The average Bonchev–Trinajstić information content (AvgIpc) is 3.37. The van der Waals surface area contributed by atoms with Gasteiger partial charge in [-0.1, -0.05) is 36.4 Å². The standard InChI is InChI=1S/C24H24N4O2/c1-27-21(11-15-13-25-19-9-5-3-7-17(15)19)24(30)28(2)22(23(27)29)12-16-14-26-20-10-6-4-8-18(16)20/h3-10,13-14,21-22,25-26H,11-12H2,1-2H3/t21-,22-/m0/s1. The molecule has 2 aromatic carbocycles. The molecule has 6 nitrogen and oxygen atoms in total. The third-order valence-corrected chi connectivity index (χ3v) is 6.38. The summed E-state index contributed by atoms with van der Waals surface area (Å²) in [6.07, 6.45) is 4.87. The summed E-state index contributed by atoms with van der Waals surface area (Å²) in [7, 11) is 3.49. The highest BCUT2D eigenvalue weighted by molar-refractivity contribution is 5.98. The molecule has 0 unspecified atom stereocenters. The number of likely N-dealkylation sites (N-methyl/N-ethyl adjacent to an activating group) is 2. The monoisotopic (exact) mass is 400 g/mol. The number of H-pyrrole nitrogens is 2. The Labute approximate surface area is 174 Å². The molecule has 1 fully saturated rings. The Balaban J connectivity index is 1.41. The summed E-state index contributed by atoms with van der Waals surface area (Å²) in [4.78, 5) is 36.3. The number of rotatable bonds is 4. The van der Waals surface area contributed by atoms with Crippen LogP contribution < -0.4 is 0 Å². The number of para-hydroxylation sites is 2. The SMILES string of the molecule is CN1C(=O)[C@H](Cc2c[nH]c3ccccc23)N(C)C(=O)[C@@H]1Cc1c[nH]c2ccccc12. The van der Waals surface area contributed by atoms with Gasteiger partial charge in [0.25, 0.3) is 0 Å². The molecule has 0 radical (unpaired) electrons. The zero-order valence-corrected chi connectivity index (χ0v) is 17.1. The van der Waals surface area contributed by atoms with Gasteiger partial charge in [0, 0.05) is 61.1 Å². The third-order valence-electron chi connectivity index (χ3n) is 6.38. The first kappa shape index (κ1) is 18.5. The van der Waals surface area contributed by atoms with E-state index in [1.54, 1.807) is 23.9 Å². The summed E-state index contributed by atoms with van der Waals surface area (Å²) >= 11 is 0. The van der Waals surface area contributed by atoms with E-state index in [-0.39, 0.29) is 11.8 Å². The second kappa shape index (κ2) is 7.06. The van der Waals surface area contributed by atoms with E-state index in [1.165, 1.54) is 0 Å². The van der Waals surface area contributed by atoms with E-state index >= 15 is 0 Å². The molecule has 30 heavy (non-hydrogen) atoms. The zero-order chi connectivity index (χ0) is 20.8. The van der Waals surface area contributed by atoms with Gasteiger partial charge in [-0.25, -0.2) is 0 Å². The number of fused-ring (bicyclic) bond motifs is 2. The first-order valence-electron chi connectivity index (χ1n) is 10.2. The highest BCUT2D eigenvalue weighted by Crippen LogP contribution is 2.27. The van der Waals surface area contributed by atoms with Crippen LogP contribution in [0.15, 0.2) is 60.9 Å². The molecule has 4 aromatic rings. The highest BCUT2D eigenvalue weighted by atomic mass is 16.2. The molecule has 0 aliphatic carbocycles. The quantitative estimate of drug-likeness (QED) is 0.553. The van der Waals surface area contributed by atoms with Crippen LogP contribution in [0.2, 0.25) is 0 Å². The van der Waals surface area contributed by atoms with Crippen molar-refractivity contribution in [1.82, 2.24) is 19.8 Å². The molecular weight excluding hydrogens is 376 g/mol. The van der Waals surface area contributed by atoms with Crippen LogP contribution >= 0.6 is 0 Å². The maximum absolute atomic E-state index is 13.3. The number of hydrogen-bond donors (Lipinski definition) is 2. The largest absolute Gasteiger partial charge is 0.361 e. The maximum atomic E-state index is 13.3. The van der Waals surface area contributed by atoms with Gasteiger partial charge in [0.05, 0.1) is 0 Å². The lowest BCUT2D eigenvalue weighted by atomic mass is 9.95. The van der Waals surface area contributed by atoms with E-state index in [2.05, 4.69) is 9.97 Å². The predicted octanol–water partition coefficient (Wildman–Crippen LogP) is 3.10. The predicted molar refractivity (Wildman–Crippen MR) is 117 cm³/mol. The summed E-state index contributed by atoms with van der Waals surface area (Å²) in [6.45, 7) is 0. The molecule has 2 atom stereocenters. The Bertz CT molecular complexity index is 1160. The molecule has 2 N–H and O–H groups in total. The number of carbonyl (C=O) groups is 2. The molecule has 0 saturated carbocycles. The van der Waals surface area contributed by atoms with Gasteiger partial charge in [-0.15, -0.1) is 0 Å². The van der Waals surface area contributed by atoms with Crippen LogP contribution in [-0.2, 0) is 22.4 Å². The number of piperazine rings is 1. The van der Waals surface area contributed by atoms with E-state index < -0.39 is 12.1 Å². The number of nitrogens with one attached hydrogen (secondary N) is 2. The summed E-state index contributed by atoms with van der Waals surface area (Å²) in [5, 5.41) is 2.18. The number of aromatic amines is 2. The molecule has 6 heteroatoms. The van der Waals surface area contributed by atoms with Crippen LogP contribution in [0.5, 0.6) is 0 Å². The zero-order valence-electron chi connectivity index (χ0n) is 17.1. The van der Waals surface area contributed by atoms with Gasteiger partial charge in [-0.3, -0.25) is 9.59 Å². The Morgan fingerprint density at radius 3 is 1.53 bits per heavy atom. The van der Waals surface area contributed by atoms with E-state index in [0.717, 1.165) is 32.9 Å². The second-order valence-electron chi connectivity index (χ2n) is 8.06. The molecule has 2 amide bonds. The number of hydrogen-bond acceptors (Lipinski definition) is 2. The van der Waals surface area contributed by atoms with Gasteiger partial charge >= 0.3 is 0 Å². The summed E-state index contributed by atoms with van der Waals surface area (Å²) in [6, 6.07) is 15.0. The Kier molecular flexibility index (Phi) is 4.35. The van der Waals surface area contributed by atoms with Gasteiger partial charge in [0.1, 0.15) is 12.1 Å². The van der Waals surface area contributed by atoms with Crippen LogP contribution in [0.3, 0.4) is 0 Å². The Morgan fingerprint density at radius 1 is 0.700 bits per heavy atom. The normalized spacial score (nSPS) is 19.9. The fourth-order valence-corrected chi connectivity index (χ4v) is 4.57. The molecule has 152 valence electrons. The Morgan fingerprint density at radius 2 is 1.10 bits per heavy atom. The number of benzene rings is 2. The van der Waals surface area contributed by atoms with Crippen LogP contribution in [0.1, 0.15) is 11.1 Å². The van der Waals surface area contributed by atoms with Crippen molar-refractivity contribution in [2.45, 2.75) is 24.9 Å². The lowest BCUT2D eigenvalue weighted by molar-refractivity contribution is -0.158. The molecule has 0 bridgehead atoms. The van der Waals surface area contributed by atoms with E-state index in [4.69, 9.17) is 0 Å². The molecule has 5 rings (SSSR count). The number of amides is 2. The number of nitrogens with zero attached hydrogens (tertiary/aromatic N) is 2. The van der Waals surface area contributed by atoms with Crippen molar-refractivity contribution >= 4 is 33.6 Å². The van der Waals surface area contributed by atoms with E-state index in [0.29, 0.717) is 12.8 Å². The van der Waals surface area contributed by atoms with Gasteiger partial charge in [-0.05, 0) is 23.3 Å². The van der Waals surface area contributed by atoms with Crippen molar-refractivity contribution < 1.29 is 9.59 Å². The molecule has 1 saturated heterocycles. The lowest BCUT2D eigenvalue weighted by Gasteiger charge is -2.42. The number of carbonyl (C=O) groups excluding carboxylic acids is 2. The van der Waals surface area contributed by atoms with Crippen LogP contribution in [0.25, 0.3) is 21.8 Å². The second-order valence-corrected chi connectivity index (χ2v) is 8.06. The van der Waals surface area contributed by atoms with Gasteiger partial charge in [0.15, 0.2) is 0 Å². The minimum atomic E-state index is -0.499. The third kappa shape index (κ3) is 2.87. The molecule has 1 aliphatic rings. The minimum absolute atomic E-state index is 0.0211. The fourth-order valence-electron chi connectivity index (χ4n) is 4.57. The molecular formula is C24H24N4O2. The van der Waals surface area contributed by atoms with Crippen molar-refractivity contribution in [3.8, 4) is 0 Å². The van der Waals surface area contributed by atoms with Gasteiger partial charge in [0.2, 0.25) is 11.8 Å². The maximum Gasteiger partial charge on any atom is 0.246 e. The summed E-state index contributed by atoms with van der Waals surface area (Å²) in [5.74, 6) is -0.0422. The smallest absolute Gasteiger partial charge is 0.246 e. The summed E-state index contributed by atoms with van der Waals surface area (Å²) < 4.78 is 0. The molecule has 1 aliphatic heterocycles. The number of aromatic nitrogens is 2. The fraction of sp³-hybridized carbons (Fsp3) is 0.250. The highest BCUT2D eigenvalue weighted by Gasteiger charge is 2.42. The first-order valence-corrected chi connectivity index (χ1v) is 10.2. The molecule has 0 spiro atoms. The van der Waals surface area contributed by atoms with Crippen molar-refractivity contribution in [2.24, 2.45) is 0 Å². The van der Waals surface area contributed by atoms with E-state index in [9.17, 15) is 9.59 Å².